The van der Waals surface area contributed by atoms with E-state index in [0.29, 0.717) is 5.84 Å². The lowest BCUT2D eigenvalue weighted by atomic mass is 9.73. The van der Waals surface area contributed by atoms with Crippen molar-refractivity contribution >= 4 is 34.0 Å². The number of aliphatic imine (C=N–C) groups is 2. The highest BCUT2D eigenvalue weighted by molar-refractivity contribution is 6.21. The predicted molar refractivity (Wildman–Crippen MR) is 219 cm³/mol. The van der Waals surface area contributed by atoms with Crippen LogP contribution in [0.2, 0.25) is 0 Å². The third-order valence-corrected chi connectivity index (χ3v) is 10.8. The molecule has 0 bridgehead atoms. The van der Waals surface area contributed by atoms with Crippen molar-refractivity contribution in [1.82, 2.24) is 0 Å². The Morgan fingerprint density at radius 2 is 1.28 bits per heavy atom. The Morgan fingerprint density at radius 1 is 0.604 bits per heavy atom. The van der Waals surface area contributed by atoms with Crippen LogP contribution in [0.25, 0.3) is 33.5 Å². The summed E-state index contributed by atoms with van der Waals surface area (Å²) in [5.74, 6) is 2.89. The van der Waals surface area contributed by atoms with E-state index in [-0.39, 0.29) is 11.8 Å². The van der Waals surface area contributed by atoms with E-state index in [1.54, 1.807) is 0 Å². The highest BCUT2D eigenvalue weighted by Crippen LogP contribution is 2.50. The first-order valence-electron chi connectivity index (χ1n) is 18.4. The molecule has 5 aromatic carbocycles. The Kier molecular flexibility index (Phi) is 7.58. The molecule has 3 nitrogen and oxygen atoms in total. The molecule has 3 aliphatic carbocycles. The van der Waals surface area contributed by atoms with Crippen LogP contribution in [-0.4, -0.2) is 11.5 Å². The van der Waals surface area contributed by atoms with E-state index in [1.807, 2.05) is 36.4 Å². The van der Waals surface area contributed by atoms with Gasteiger partial charge in [-0.25, -0.2) is 9.98 Å². The standard InChI is InChI=1S/C50H36N2O/c1-32-29-45(51-50(37-16-6-3-7-17-37)52-48(32)36-14-4-2-5-15-36)43-31-44-47-40(21-12-22-46(47)53-49(44)42-20-11-10-19-41(42)43)35-26-23-34(24-27-35)39-28-25-33-13-8-9-18-38(33)30-39/h2-11,13-21,23-31,41-42H,1,12,22H2. The summed E-state index contributed by atoms with van der Waals surface area (Å²) < 4.78 is 6.86. The minimum atomic E-state index is 0.0550. The van der Waals surface area contributed by atoms with Crippen molar-refractivity contribution in [2.24, 2.45) is 15.9 Å². The largest absolute Gasteiger partial charge is 0.464 e. The number of nitrogens with zero attached hydrogens (tertiary/aromatic N) is 2. The van der Waals surface area contributed by atoms with Crippen molar-refractivity contribution in [1.29, 1.82) is 0 Å². The quantitative estimate of drug-likeness (QED) is 0.179. The second kappa shape index (κ2) is 12.9. The van der Waals surface area contributed by atoms with Gasteiger partial charge in [0.05, 0.1) is 11.4 Å². The summed E-state index contributed by atoms with van der Waals surface area (Å²) in [6.07, 6.45) is 17.5. The van der Waals surface area contributed by atoms with Gasteiger partial charge in [0.15, 0.2) is 5.84 Å². The molecule has 10 rings (SSSR count). The lowest BCUT2D eigenvalue weighted by Gasteiger charge is -2.30. The Hall–Kier alpha value is -6.58. The van der Waals surface area contributed by atoms with Gasteiger partial charge in [-0.1, -0.05) is 158 Å². The summed E-state index contributed by atoms with van der Waals surface area (Å²) >= 11 is 0. The van der Waals surface area contributed by atoms with Crippen molar-refractivity contribution < 1.29 is 4.42 Å². The summed E-state index contributed by atoms with van der Waals surface area (Å²) in [5, 5.41) is 2.51. The van der Waals surface area contributed by atoms with Gasteiger partial charge in [-0.3, -0.25) is 0 Å². The molecule has 2 atom stereocenters. The first-order chi connectivity index (χ1) is 26.2. The minimum absolute atomic E-state index is 0.0550. The molecule has 252 valence electrons. The van der Waals surface area contributed by atoms with Gasteiger partial charge in [-0.05, 0) is 68.8 Å². The van der Waals surface area contributed by atoms with Crippen molar-refractivity contribution in [2.45, 2.75) is 18.8 Å². The highest BCUT2D eigenvalue weighted by atomic mass is 16.3. The summed E-state index contributed by atoms with van der Waals surface area (Å²) in [5.41, 5.74) is 12.9. The maximum atomic E-state index is 6.86. The van der Waals surface area contributed by atoms with Gasteiger partial charge >= 0.3 is 0 Å². The molecule has 0 saturated heterocycles. The lowest BCUT2D eigenvalue weighted by Crippen LogP contribution is -2.19. The summed E-state index contributed by atoms with van der Waals surface area (Å²) in [6, 6.07) is 44.8. The molecule has 3 heteroatoms. The van der Waals surface area contributed by atoms with Gasteiger partial charge in [0.25, 0.3) is 0 Å². The van der Waals surface area contributed by atoms with Crippen LogP contribution in [0.3, 0.4) is 0 Å². The second-order valence-electron chi connectivity index (χ2n) is 14.1. The fraction of sp³-hybridized carbons (Fsp3) is 0.0800. The maximum absolute atomic E-state index is 6.86. The van der Waals surface area contributed by atoms with Crippen LogP contribution in [-0.2, 0) is 6.42 Å². The van der Waals surface area contributed by atoms with Crippen LogP contribution >= 0.6 is 0 Å². The zero-order chi connectivity index (χ0) is 35.3. The van der Waals surface area contributed by atoms with Crippen LogP contribution in [0.1, 0.15) is 51.7 Å². The number of rotatable bonds is 5. The number of furan rings is 1. The first-order valence-corrected chi connectivity index (χ1v) is 18.4. The van der Waals surface area contributed by atoms with Crippen LogP contribution in [0.15, 0.2) is 202 Å². The van der Waals surface area contributed by atoms with E-state index in [2.05, 4.69) is 140 Å². The molecule has 0 radical (unpaired) electrons. The molecule has 2 unspecified atom stereocenters. The van der Waals surface area contributed by atoms with E-state index in [0.717, 1.165) is 63.6 Å². The maximum Gasteiger partial charge on any atom is 0.160 e. The molecule has 0 N–H and O–H groups in total. The van der Waals surface area contributed by atoms with Gasteiger partial charge in [-0.15, -0.1) is 0 Å². The third kappa shape index (κ3) is 5.53. The van der Waals surface area contributed by atoms with Gasteiger partial charge in [0.2, 0.25) is 0 Å². The van der Waals surface area contributed by atoms with E-state index in [4.69, 9.17) is 14.4 Å². The number of amidine groups is 1. The van der Waals surface area contributed by atoms with Gasteiger partial charge in [0, 0.05) is 40.5 Å². The Bertz CT molecular complexity index is 2660. The zero-order valence-corrected chi connectivity index (χ0v) is 29.2. The zero-order valence-electron chi connectivity index (χ0n) is 29.2. The van der Waals surface area contributed by atoms with Crippen LogP contribution in [0.4, 0.5) is 0 Å². The number of fused-ring (bicyclic) bond motifs is 6. The normalized spacial score (nSPS) is 18.9. The molecule has 2 heterocycles. The van der Waals surface area contributed by atoms with Crippen molar-refractivity contribution in [3.05, 3.63) is 227 Å². The average molecular weight is 681 g/mol. The number of aryl methyl sites for hydroxylation is 1. The third-order valence-electron chi connectivity index (χ3n) is 10.8. The first kappa shape index (κ1) is 31.2. The summed E-state index contributed by atoms with van der Waals surface area (Å²) in [7, 11) is 0. The molecular formula is C50H36N2O. The summed E-state index contributed by atoms with van der Waals surface area (Å²) in [6.45, 7) is 4.54. The smallest absolute Gasteiger partial charge is 0.160 e. The Balaban J connectivity index is 1.08. The van der Waals surface area contributed by atoms with Gasteiger partial charge in [-0.2, -0.15) is 0 Å². The molecule has 53 heavy (non-hydrogen) atoms. The van der Waals surface area contributed by atoms with Crippen LogP contribution < -0.4 is 0 Å². The van der Waals surface area contributed by atoms with Gasteiger partial charge in [0.1, 0.15) is 11.5 Å². The van der Waals surface area contributed by atoms with E-state index in [9.17, 15) is 0 Å². The number of benzene rings is 5. The average Bonchev–Trinajstić information content (AvgIpc) is 3.52. The topological polar surface area (TPSA) is 37.9 Å². The Morgan fingerprint density at radius 3 is 2.08 bits per heavy atom. The molecule has 6 aromatic rings. The molecule has 0 fully saturated rings. The minimum Gasteiger partial charge on any atom is -0.464 e. The monoisotopic (exact) mass is 680 g/mol. The van der Waals surface area contributed by atoms with Crippen molar-refractivity contribution in [3.8, 4) is 11.1 Å². The molecule has 1 aromatic heterocycles. The fourth-order valence-electron chi connectivity index (χ4n) is 8.24. The molecular weight excluding hydrogens is 645 g/mol. The number of allylic oxidation sites excluding steroid dienone is 8. The Labute approximate surface area is 309 Å². The highest BCUT2D eigenvalue weighted by Gasteiger charge is 2.38. The van der Waals surface area contributed by atoms with Gasteiger partial charge < -0.3 is 4.42 Å². The number of hydrogen-bond acceptors (Lipinski definition) is 3. The molecule has 4 aliphatic rings. The number of hydrogen-bond donors (Lipinski definition) is 0. The fourth-order valence-corrected chi connectivity index (χ4v) is 8.24. The van der Waals surface area contributed by atoms with Crippen molar-refractivity contribution in [2.75, 3.05) is 0 Å². The van der Waals surface area contributed by atoms with E-state index >= 15 is 0 Å². The predicted octanol–water partition coefficient (Wildman–Crippen LogP) is 12.1. The van der Waals surface area contributed by atoms with Crippen LogP contribution in [0, 0.1) is 5.92 Å². The molecule has 1 aliphatic heterocycles. The second-order valence-corrected chi connectivity index (χ2v) is 14.1. The van der Waals surface area contributed by atoms with Crippen molar-refractivity contribution in [3.63, 3.8) is 0 Å². The summed E-state index contributed by atoms with van der Waals surface area (Å²) in [4.78, 5) is 10.5. The van der Waals surface area contributed by atoms with Crippen LogP contribution in [0.5, 0.6) is 0 Å². The lowest BCUT2D eigenvalue weighted by molar-refractivity contribution is 0.426. The molecule has 0 amide bonds. The van der Waals surface area contributed by atoms with E-state index < -0.39 is 0 Å². The molecule has 0 saturated carbocycles. The SMILES string of the molecule is C=C1C=C(C2=Cc3c(oc4c3C(c3ccc(-c5ccc6ccccc6c5)cc3)=CCC4)C3C=CC=CC23)N=C(c2ccccc2)N=C1c1ccccc1. The molecule has 0 spiro atoms. The van der Waals surface area contributed by atoms with E-state index in [1.165, 1.54) is 38.6 Å².